The minimum atomic E-state index is -3.60. The predicted octanol–water partition coefficient (Wildman–Crippen LogP) is 3.76. The summed E-state index contributed by atoms with van der Waals surface area (Å²) >= 11 is 0. The van der Waals surface area contributed by atoms with Crippen molar-refractivity contribution in [3.8, 4) is 0 Å². The van der Waals surface area contributed by atoms with E-state index in [9.17, 15) is 8.42 Å². The van der Waals surface area contributed by atoms with E-state index in [0.29, 0.717) is 23.2 Å². The minimum absolute atomic E-state index is 0.292. The second-order valence-electron chi connectivity index (χ2n) is 7.16. The standard InChI is InChI=1S/C21H23N5O2S/c1-15-9-10-17(14-16(15)2)29(27,28)26-13-4-7-19(26)18-6-3-8-20(24-18)25-21-22-11-5-12-23-21/h3,5-6,8-12,14,19H,4,7,13H2,1-2H3,(H,22,23,24,25)/t19-/m1/s1. The molecule has 8 heteroatoms. The van der Waals surface area contributed by atoms with E-state index in [-0.39, 0.29) is 6.04 Å². The fourth-order valence-corrected chi connectivity index (χ4v) is 5.27. The van der Waals surface area contributed by atoms with Crippen LogP contribution in [0.1, 0.15) is 35.7 Å². The molecule has 0 unspecified atom stereocenters. The number of rotatable bonds is 5. The summed E-state index contributed by atoms with van der Waals surface area (Å²) in [6.07, 6.45) is 4.83. The maximum absolute atomic E-state index is 13.3. The molecular weight excluding hydrogens is 386 g/mol. The van der Waals surface area contributed by atoms with Gasteiger partial charge in [0.2, 0.25) is 16.0 Å². The van der Waals surface area contributed by atoms with E-state index in [0.717, 1.165) is 29.7 Å². The van der Waals surface area contributed by atoms with Crippen LogP contribution in [0.15, 0.2) is 59.8 Å². The molecule has 1 aliphatic heterocycles. The third-order valence-electron chi connectivity index (χ3n) is 5.21. The van der Waals surface area contributed by atoms with Crippen LogP contribution in [0.3, 0.4) is 0 Å². The van der Waals surface area contributed by atoms with Gasteiger partial charge in [-0.25, -0.2) is 23.4 Å². The highest BCUT2D eigenvalue weighted by atomic mass is 32.2. The van der Waals surface area contributed by atoms with Crippen LogP contribution >= 0.6 is 0 Å². The number of aromatic nitrogens is 3. The number of sulfonamides is 1. The molecule has 150 valence electrons. The molecule has 4 rings (SSSR count). The topological polar surface area (TPSA) is 88.1 Å². The molecule has 0 bridgehead atoms. The normalized spacial score (nSPS) is 17.4. The SMILES string of the molecule is Cc1ccc(S(=O)(=O)N2CCC[C@@H]2c2cccc(Nc3ncccn3)n2)cc1C. The highest BCUT2D eigenvalue weighted by Gasteiger charge is 2.37. The molecule has 1 N–H and O–H groups in total. The summed E-state index contributed by atoms with van der Waals surface area (Å²) < 4.78 is 28.2. The van der Waals surface area contributed by atoms with Gasteiger partial charge >= 0.3 is 0 Å². The summed E-state index contributed by atoms with van der Waals surface area (Å²) in [5, 5.41) is 3.07. The van der Waals surface area contributed by atoms with E-state index >= 15 is 0 Å². The van der Waals surface area contributed by atoms with Gasteiger partial charge in [-0.1, -0.05) is 12.1 Å². The number of benzene rings is 1. The van der Waals surface area contributed by atoms with Crippen molar-refractivity contribution in [2.24, 2.45) is 0 Å². The summed E-state index contributed by atoms with van der Waals surface area (Å²) in [4.78, 5) is 13.3. The van der Waals surface area contributed by atoms with Crippen LogP contribution in [-0.2, 0) is 10.0 Å². The fourth-order valence-electron chi connectivity index (χ4n) is 3.52. The summed E-state index contributed by atoms with van der Waals surface area (Å²) in [6, 6.07) is 12.3. The number of anilines is 2. The zero-order valence-corrected chi connectivity index (χ0v) is 17.2. The van der Waals surface area contributed by atoms with Crippen LogP contribution in [0.4, 0.5) is 11.8 Å². The van der Waals surface area contributed by atoms with E-state index in [1.165, 1.54) is 0 Å². The van der Waals surface area contributed by atoms with Gasteiger partial charge in [0.05, 0.1) is 16.6 Å². The van der Waals surface area contributed by atoms with Crippen LogP contribution in [-0.4, -0.2) is 34.2 Å². The summed E-state index contributed by atoms with van der Waals surface area (Å²) in [5.41, 5.74) is 2.76. The molecule has 1 aromatic carbocycles. The Morgan fingerprint density at radius 3 is 2.59 bits per heavy atom. The minimum Gasteiger partial charge on any atom is -0.309 e. The molecule has 29 heavy (non-hydrogen) atoms. The average Bonchev–Trinajstić information content (AvgIpc) is 3.22. The molecular formula is C21H23N5O2S. The highest BCUT2D eigenvalue weighted by molar-refractivity contribution is 7.89. The quantitative estimate of drug-likeness (QED) is 0.690. The van der Waals surface area contributed by atoms with Gasteiger partial charge in [0.15, 0.2) is 0 Å². The van der Waals surface area contributed by atoms with E-state index in [2.05, 4.69) is 20.3 Å². The second-order valence-corrected chi connectivity index (χ2v) is 9.06. The van der Waals surface area contributed by atoms with E-state index in [1.54, 1.807) is 34.9 Å². The van der Waals surface area contributed by atoms with Gasteiger partial charge in [-0.15, -0.1) is 0 Å². The molecule has 0 radical (unpaired) electrons. The number of hydrogen-bond donors (Lipinski definition) is 1. The largest absolute Gasteiger partial charge is 0.309 e. The Balaban J connectivity index is 1.63. The smallest absolute Gasteiger partial charge is 0.243 e. The van der Waals surface area contributed by atoms with Gasteiger partial charge in [0.1, 0.15) is 5.82 Å². The molecule has 1 aliphatic rings. The Kier molecular flexibility index (Phi) is 5.29. The fraction of sp³-hybridized carbons (Fsp3) is 0.286. The van der Waals surface area contributed by atoms with Crippen LogP contribution in [0.25, 0.3) is 0 Å². The number of nitrogens with one attached hydrogen (secondary N) is 1. The van der Waals surface area contributed by atoms with Crippen molar-refractivity contribution in [3.05, 3.63) is 71.7 Å². The molecule has 1 atom stereocenters. The Morgan fingerprint density at radius 1 is 1.03 bits per heavy atom. The molecule has 2 aromatic heterocycles. The Hall–Kier alpha value is -2.84. The van der Waals surface area contributed by atoms with Gasteiger partial charge in [-0.05, 0) is 68.1 Å². The van der Waals surface area contributed by atoms with Crippen molar-refractivity contribution in [2.45, 2.75) is 37.6 Å². The lowest BCUT2D eigenvalue weighted by molar-refractivity contribution is 0.390. The number of hydrogen-bond acceptors (Lipinski definition) is 6. The lowest BCUT2D eigenvalue weighted by atomic mass is 10.1. The lowest BCUT2D eigenvalue weighted by Gasteiger charge is -2.24. The van der Waals surface area contributed by atoms with Gasteiger partial charge < -0.3 is 5.32 Å². The third-order valence-corrected chi connectivity index (χ3v) is 7.11. The molecule has 3 aromatic rings. The molecule has 0 aliphatic carbocycles. The zero-order chi connectivity index (χ0) is 20.4. The monoisotopic (exact) mass is 409 g/mol. The highest BCUT2D eigenvalue weighted by Crippen LogP contribution is 2.36. The first-order valence-electron chi connectivity index (χ1n) is 9.55. The van der Waals surface area contributed by atoms with Crippen molar-refractivity contribution >= 4 is 21.8 Å². The Labute approximate surface area is 170 Å². The molecule has 1 fully saturated rings. The first-order chi connectivity index (χ1) is 13.9. The summed E-state index contributed by atoms with van der Waals surface area (Å²) in [5.74, 6) is 1.03. The third kappa shape index (κ3) is 3.99. The van der Waals surface area contributed by atoms with Crippen LogP contribution in [0.5, 0.6) is 0 Å². The predicted molar refractivity (Wildman–Crippen MR) is 111 cm³/mol. The average molecular weight is 410 g/mol. The van der Waals surface area contributed by atoms with E-state index in [1.807, 2.05) is 38.1 Å². The lowest BCUT2D eigenvalue weighted by Crippen LogP contribution is -2.31. The second kappa shape index (κ2) is 7.88. The van der Waals surface area contributed by atoms with E-state index < -0.39 is 10.0 Å². The van der Waals surface area contributed by atoms with Gasteiger partial charge in [-0.2, -0.15) is 4.31 Å². The van der Waals surface area contributed by atoms with Gasteiger partial charge in [0, 0.05) is 18.9 Å². The van der Waals surface area contributed by atoms with Crippen molar-refractivity contribution in [3.63, 3.8) is 0 Å². The Bertz CT molecular complexity index is 1120. The van der Waals surface area contributed by atoms with Crippen molar-refractivity contribution in [1.82, 2.24) is 19.3 Å². The number of pyridine rings is 1. The van der Waals surface area contributed by atoms with Gasteiger partial charge in [0.25, 0.3) is 0 Å². The molecule has 3 heterocycles. The van der Waals surface area contributed by atoms with Crippen molar-refractivity contribution in [1.29, 1.82) is 0 Å². The van der Waals surface area contributed by atoms with E-state index in [4.69, 9.17) is 0 Å². The molecule has 7 nitrogen and oxygen atoms in total. The maximum atomic E-state index is 13.3. The Morgan fingerprint density at radius 2 is 1.83 bits per heavy atom. The van der Waals surface area contributed by atoms with Crippen LogP contribution in [0.2, 0.25) is 0 Å². The molecule has 0 amide bonds. The maximum Gasteiger partial charge on any atom is 0.243 e. The van der Waals surface area contributed by atoms with Crippen LogP contribution in [0, 0.1) is 13.8 Å². The zero-order valence-electron chi connectivity index (χ0n) is 16.4. The molecule has 0 spiro atoms. The molecule has 1 saturated heterocycles. The van der Waals surface area contributed by atoms with Crippen molar-refractivity contribution in [2.75, 3.05) is 11.9 Å². The van der Waals surface area contributed by atoms with Gasteiger partial charge in [-0.3, -0.25) is 0 Å². The molecule has 0 saturated carbocycles. The first-order valence-corrected chi connectivity index (χ1v) is 11.0. The summed E-state index contributed by atoms with van der Waals surface area (Å²) in [7, 11) is -3.60. The summed E-state index contributed by atoms with van der Waals surface area (Å²) in [6.45, 7) is 4.39. The van der Waals surface area contributed by atoms with Crippen LogP contribution < -0.4 is 5.32 Å². The number of nitrogens with zero attached hydrogens (tertiary/aromatic N) is 4. The van der Waals surface area contributed by atoms with Crippen molar-refractivity contribution < 1.29 is 8.42 Å². The number of aryl methyl sites for hydroxylation is 2. The first kappa shape index (κ1) is 19.5.